The van der Waals surface area contributed by atoms with Gasteiger partial charge in [0.25, 0.3) is 0 Å². The van der Waals surface area contributed by atoms with E-state index in [2.05, 4.69) is 36.5 Å². The highest BCUT2D eigenvalue weighted by Gasteiger charge is 2.01. The quantitative estimate of drug-likeness (QED) is 0.724. The highest BCUT2D eigenvalue weighted by molar-refractivity contribution is 7.98. The van der Waals surface area contributed by atoms with E-state index in [4.69, 9.17) is 0 Å². The van der Waals surface area contributed by atoms with E-state index in [-0.39, 0.29) is 0 Å². The number of nitrogens with zero attached hydrogens (tertiary/aromatic N) is 1. The zero-order valence-corrected chi connectivity index (χ0v) is 12.1. The van der Waals surface area contributed by atoms with Gasteiger partial charge in [-0.15, -0.1) is 11.3 Å². The summed E-state index contributed by atoms with van der Waals surface area (Å²) in [6, 6.07) is 0.590. The standard InChI is InChI=1S/C12H22N2S2/c1-4-15-9-12-14-11(8-16-12)6-5-7-13-10(2)3/h8,10,13H,4-7,9H2,1-3H3. The fourth-order valence-electron chi connectivity index (χ4n) is 1.38. The normalized spacial score (nSPS) is 11.2. The van der Waals surface area contributed by atoms with Crippen molar-refractivity contribution < 1.29 is 0 Å². The Morgan fingerprint density at radius 2 is 2.31 bits per heavy atom. The molecule has 16 heavy (non-hydrogen) atoms. The SMILES string of the molecule is CCSCc1nc(CCCNC(C)C)cs1. The van der Waals surface area contributed by atoms with E-state index in [0.717, 1.165) is 18.7 Å². The number of aryl methyl sites for hydroxylation is 1. The van der Waals surface area contributed by atoms with Gasteiger partial charge in [0.15, 0.2) is 0 Å². The Labute approximate surface area is 107 Å². The summed E-state index contributed by atoms with van der Waals surface area (Å²) in [6.07, 6.45) is 2.29. The van der Waals surface area contributed by atoms with Gasteiger partial charge in [-0.25, -0.2) is 4.98 Å². The Balaban J connectivity index is 2.19. The molecule has 0 aromatic carbocycles. The van der Waals surface area contributed by atoms with Crippen molar-refractivity contribution in [3.05, 3.63) is 16.1 Å². The minimum atomic E-state index is 0.590. The second kappa shape index (κ2) is 8.09. The first-order valence-corrected chi connectivity index (χ1v) is 8.00. The van der Waals surface area contributed by atoms with Crippen LogP contribution in [0.1, 0.15) is 37.9 Å². The van der Waals surface area contributed by atoms with Crippen LogP contribution in [0, 0.1) is 0 Å². The summed E-state index contributed by atoms with van der Waals surface area (Å²) in [5.74, 6) is 2.25. The molecule has 0 aliphatic carbocycles. The molecule has 2 nitrogen and oxygen atoms in total. The molecular weight excluding hydrogens is 236 g/mol. The van der Waals surface area contributed by atoms with Crippen molar-refractivity contribution in [2.24, 2.45) is 0 Å². The van der Waals surface area contributed by atoms with Crippen LogP contribution in [0.5, 0.6) is 0 Å². The van der Waals surface area contributed by atoms with E-state index in [9.17, 15) is 0 Å². The summed E-state index contributed by atoms with van der Waals surface area (Å²) in [6.45, 7) is 7.65. The van der Waals surface area contributed by atoms with Crippen LogP contribution in [-0.2, 0) is 12.2 Å². The Kier molecular flexibility index (Phi) is 7.08. The molecule has 1 rings (SSSR count). The Morgan fingerprint density at radius 1 is 1.50 bits per heavy atom. The van der Waals surface area contributed by atoms with E-state index in [1.807, 2.05) is 11.8 Å². The van der Waals surface area contributed by atoms with Crippen LogP contribution in [0.3, 0.4) is 0 Å². The molecule has 0 radical (unpaired) electrons. The topological polar surface area (TPSA) is 24.9 Å². The maximum absolute atomic E-state index is 4.63. The Morgan fingerprint density at radius 3 is 3.00 bits per heavy atom. The average Bonchev–Trinajstić information content (AvgIpc) is 2.69. The first kappa shape index (κ1) is 14.0. The summed E-state index contributed by atoms with van der Waals surface area (Å²) in [5.41, 5.74) is 1.27. The molecular formula is C12H22N2S2. The van der Waals surface area contributed by atoms with Gasteiger partial charge >= 0.3 is 0 Å². The van der Waals surface area contributed by atoms with Crippen LogP contribution in [0.15, 0.2) is 5.38 Å². The third kappa shape index (κ3) is 5.87. The molecule has 92 valence electrons. The van der Waals surface area contributed by atoms with Gasteiger partial charge in [0, 0.05) is 17.2 Å². The second-order valence-electron chi connectivity index (χ2n) is 4.08. The predicted octanol–water partition coefficient (Wildman–Crippen LogP) is 3.33. The maximum atomic E-state index is 4.63. The van der Waals surface area contributed by atoms with Crippen molar-refractivity contribution in [2.75, 3.05) is 12.3 Å². The summed E-state index contributed by atoms with van der Waals surface area (Å²) >= 11 is 3.74. The summed E-state index contributed by atoms with van der Waals surface area (Å²) < 4.78 is 0. The van der Waals surface area contributed by atoms with Gasteiger partial charge in [0.1, 0.15) is 5.01 Å². The molecule has 0 saturated carbocycles. The van der Waals surface area contributed by atoms with Crippen molar-refractivity contribution in [2.45, 2.75) is 45.4 Å². The highest BCUT2D eigenvalue weighted by atomic mass is 32.2. The number of thiazole rings is 1. The van der Waals surface area contributed by atoms with E-state index in [1.165, 1.54) is 22.9 Å². The molecule has 4 heteroatoms. The van der Waals surface area contributed by atoms with E-state index < -0.39 is 0 Å². The largest absolute Gasteiger partial charge is 0.315 e. The lowest BCUT2D eigenvalue weighted by atomic mass is 10.2. The lowest BCUT2D eigenvalue weighted by molar-refractivity contribution is 0.569. The molecule has 0 atom stereocenters. The van der Waals surface area contributed by atoms with Crippen LogP contribution in [0.25, 0.3) is 0 Å². The van der Waals surface area contributed by atoms with E-state index >= 15 is 0 Å². The fraction of sp³-hybridized carbons (Fsp3) is 0.750. The van der Waals surface area contributed by atoms with Crippen LogP contribution in [0.4, 0.5) is 0 Å². The average molecular weight is 258 g/mol. The minimum absolute atomic E-state index is 0.590. The fourth-order valence-corrected chi connectivity index (χ4v) is 2.96. The lowest BCUT2D eigenvalue weighted by Gasteiger charge is -2.06. The highest BCUT2D eigenvalue weighted by Crippen LogP contribution is 2.17. The van der Waals surface area contributed by atoms with Crippen LogP contribution < -0.4 is 5.32 Å². The zero-order chi connectivity index (χ0) is 11.8. The number of rotatable bonds is 8. The monoisotopic (exact) mass is 258 g/mol. The van der Waals surface area contributed by atoms with Crippen molar-refractivity contribution in [1.82, 2.24) is 10.3 Å². The van der Waals surface area contributed by atoms with Crippen molar-refractivity contribution in [3.63, 3.8) is 0 Å². The minimum Gasteiger partial charge on any atom is -0.315 e. The van der Waals surface area contributed by atoms with Crippen LogP contribution >= 0.6 is 23.1 Å². The van der Waals surface area contributed by atoms with Gasteiger partial charge in [-0.3, -0.25) is 0 Å². The first-order valence-electron chi connectivity index (χ1n) is 5.96. The van der Waals surface area contributed by atoms with Crippen molar-refractivity contribution in [3.8, 4) is 0 Å². The number of hydrogen-bond donors (Lipinski definition) is 1. The predicted molar refractivity (Wildman–Crippen MR) is 75.4 cm³/mol. The number of thioether (sulfide) groups is 1. The second-order valence-corrected chi connectivity index (χ2v) is 6.30. The smallest absolute Gasteiger partial charge is 0.103 e. The van der Waals surface area contributed by atoms with Gasteiger partial charge in [0.05, 0.1) is 5.69 Å². The Bertz CT molecular complexity index is 284. The van der Waals surface area contributed by atoms with E-state index in [0.29, 0.717) is 6.04 Å². The summed E-state index contributed by atoms with van der Waals surface area (Å²) in [4.78, 5) is 4.63. The molecule has 1 aromatic heterocycles. The zero-order valence-electron chi connectivity index (χ0n) is 10.5. The third-order valence-electron chi connectivity index (χ3n) is 2.19. The molecule has 1 N–H and O–H groups in total. The van der Waals surface area contributed by atoms with Crippen LogP contribution in [0.2, 0.25) is 0 Å². The molecule has 0 bridgehead atoms. The molecule has 0 spiro atoms. The third-order valence-corrected chi connectivity index (χ3v) is 4.16. The first-order chi connectivity index (χ1) is 7.72. The van der Waals surface area contributed by atoms with Gasteiger partial charge in [-0.2, -0.15) is 11.8 Å². The number of nitrogens with one attached hydrogen (secondary N) is 1. The molecule has 0 saturated heterocycles. The maximum Gasteiger partial charge on any atom is 0.103 e. The van der Waals surface area contributed by atoms with Gasteiger partial charge in [-0.05, 0) is 25.1 Å². The van der Waals surface area contributed by atoms with Gasteiger partial charge in [-0.1, -0.05) is 20.8 Å². The molecule has 0 aliphatic heterocycles. The molecule has 0 aliphatic rings. The van der Waals surface area contributed by atoms with Gasteiger partial charge in [0.2, 0.25) is 0 Å². The lowest BCUT2D eigenvalue weighted by Crippen LogP contribution is -2.23. The molecule has 1 heterocycles. The molecule has 0 unspecified atom stereocenters. The molecule has 1 aromatic rings. The van der Waals surface area contributed by atoms with Crippen molar-refractivity contribution >= 4 is 23.1 Å². The van der Waals surface area contributed by atoms with Gasteiger partial charge < -0.3 is 5.32 Å². The summed E-state index contributed by atoms with van der Waals surface area (Å²) in [7, 11) is 0. The molecule has 0 amide bonds. The summed E-state index contributed by atoms with van der Waals surface area (Å²) in [5, 5.41) is 6.91. The number of aromatic nitrogens is 1. The molecule has 0 fully saturated rings. The van der Waals surface area contributed by atoms with Crippen LogP contribution in [-0.4, -0.2) is 23.3 Å². The van der Waals surface area contributed by atoms with Crippen molar-refractivity contribution in [1.29, 1.82) is 0 Å². The number of hydrogen-bond acceptors (Lipinski definition) is 4. The van der Waals surface area contributed by atoms with E-state index in [1.54, 1.807) is 11.3 Å². The Hall–Kier alpha value is -0.0600.